The molecule has 3 atom stereocenters. The minimum Gasteiger partial charge on any atom is -0.469 e. The first-order chi connectivity index (χ1) is 7.50. The molecular formula is C9H11N3O4. The summed E-state index contributed by atoms with van der Waals surface area (Å²) in [5.74, 6) is 0.0920. The van der Waals surface area contributed by atoms with Crippen LogP contribution in [0.25, 0.3) is 0 Å². The van der Waals surface area contributed by atoms with Crippen molar-refractivity contribution in [1.29, 1.82) is 0 Å². The quantitative estimate of drug-likeness (QED) is 0.541. The number of nitrogen functional groups attached to an aromatic ring is 1. The van der Waals surface area contributed by atoms with Crippen molar-refractivity contribution in [2.75, 3.05) is 5.73 Å². The highest BCUT2D eigenvalue weighted by Gasteiger charge is 2.40. The maximum absolute atomic E-state index is 11.5. The van der Waals surface area contributed by atoms with Crippen molar-refractivity contribution < 1.29 is 14.9 Å². The van der Waals surface area contributed by atoms with Crippen molar-refractivity contribution in [3.8, 4) is 0 Å². The van der Waals surface area contributed by atoms with E-state index in [1.165, 1.54) is 12.3 Å². The molecule has 0 amide bonds. The molecule has 1 saturated heterocycles. The number of aromatic nitrogens is 2. The molecule has 0 radical (unpaired) electrons. The van der Waals surface area contributed by atoms with Crippen LogP contribution in [0, 0.1) is 0 Å². The second-order valence-corrected chi connectivity index (χ2v) is 3.45. The Hall–Kier alpha value is -1.86. The fourth-order valence-corrected chi connectivity index (χ4v) is 1.48. The summed E-state index contributed by atoms with van der Waals surface area (Å²) >= 11 is 0. The smallest absolute Gasteiger partial charge is 0.352 e. The Bertz CT molecular complexity index is 484. The molecule has 3 unspecified atom stereocenters. The fraction of sp³-hybridized carbons (Fsp3) is 0.333. The average molecular weight is 225 g/mol. The number of ether oxygens (including phenoxy) is 1. The lowest BCUT2D eigenvalue weighted by Crippen LogP contribution is -2.34. The highest BCUT2D eigenvalue weighted by molar-refractivity contribution is 5.23. The van der Waals surface area contributed by atoms with E-state index < -0.39 is 24.1 Å². The van der Waals surface area contributed by atoms with Gasteiger partial charge in [-0.3, -0.25) is 4.57 Å². The Morgan fingerprint density at radius 1 is 1.56 bits per heavy atom. The predicted molar refractivity (Wildman–Crippen MR) is 54.2 cm³/mol. The summed E-state index contributed by atoms with van der Waals surface area (Å²) in [4.78, 5) is 14.9. The average Bonchev–Trinajstić information content (AvgIpc) is 2.46. The Labute approximate surface area is 90.4 Å². The standard InChI is InChI=1S/C9H11N3O4/c1-4-6(13)7(14)8(16-4)12-3-2-5(10)11-9(12)15/h2-3,6-8,13-14H,1H2,(H2,10,11,15). The van der Waals surface area contributed by atoms with Crippen LogP contribution in [0.1, 0.15) is 6.23 Å². The van der Waals surface area contributed by atoms with Crippen LogP contribution in [0.5, 0.6) is 0 Å². The largest absolute Gasteiger partial charge is 0.469 e. The SMILES string of the molecule is C=C1OC(n2ccc(N)nc2=O)C(O)C1O. The summed E-state index contributed by atoms with van der Waals surface area (Å²) < 4.78 is 6.12. The van der Waals surface area contributed by atoms with Gasteiger partial charge in [0, 0.05) is 6.20 Å². The second-order valence-electron chi connectivity index (χ2n) is 3.45. The van der Waals surface area contributed by atoms with Gasteiger partial charge in [0.2, 0.25) is 6.23 Å². The molecule has 4 N–H and O–H groups in total. The normalized spacial score (nSPS) is 29.1. The van der Waals surface area contributed by atoms with Crippen molar-refractivity contribution in [2.45, 2.75) is 18.4 Å². The summed E-state index contributed by atoms with van der Waals surface area (Å²) in [6, 6.07) is 1.39. The van der Waals surface area contributed by atoms with Gasteiger partial charge < -0.3 is 20.7 Å². The number of rotatable bonds is 1. The third-order valence-electron chi connectivity index (χ3n) is 2.34. The first-order valence-corrected chi connectivity index (χ1v) is 4.57. The molecule has 0 aromatic carbocycles. The molecule has 1 aliphatic rings. The van der Waals surface area contributed by atoms with Gasteiger partial charge in [-0.15, -0.1) is 0 Å². The highest BCUT2D eigenvalue weighted by atomic mass is 16.5. The van der Waals surface area contributed by atoms with Crippen molar-refractivity contribution in [2.24, 2.45) is 0 Å². The zero-order valence-corrected chi connectivity index (χ0v) is 8.28. The summed E-state index contributed by atoms with van der Waals surface area (Å²) in [6.07, 6.45) is -2.16. The van der Waals surface area contributed by atoms with Crippen molar-refractivity contribution in [3.63, 3.8) is 0 Å². The number of nitrogens with two attached hydrogens (primary N) is 1. The monoisotopic (exact) mass is 225 g/mol. The minimum atomic E-state index is -1.25. The van der Waals surface area contributed by atoms with Crippen molar-refractivity contribution in [3.05, 3.63) is 35.1 Å². The molecular weight excluding hydrogens is 214 g/mol. The van der Waals surface area contributed by atoms with E-state index in [9.17, 15) is 15.0 Å². The molecule has 0 spiro atoms. The molecule has 0 saturated carbocycles. The topological polar surface area (TPSA) is 111 Å². The van der Waals surface area contributed by atoms with Crippen LogP contribution in [0.2, 0.25) is 0 Å². The molecule has 2 heterocycles. The van der Waals surface area contributed by atoms with Crippen LogP contribution in [0.3, 0.4) is 0 Å². The van der Waals surface area contributed by atoms with Crippen LogP contribution in [0.15, 0.2) is 29.4 Å². The molecule has 1 aromatic rings. The highest BCUT2D eigenvalue weighted by Crippen LogP contribution is 2.29. The lowest BCUT2D eigenvalue weighted by molar-refractivity contribution is -0.0162. The van der Waals surface area contributed by atoms with Gasteiger partial charge in [0.25, 0.3) is 0 Å². The third-order valence-corrected chi connectivity index (χ3v) is 2.34. The maximum Gasteiger partial charge on any atom is 0.352 e. The van der Waals surface area contributed by atoms with Gasteiger partial charge in [-0.05, 0) is 6.07 Å². The molecule has 1 fully saturated rings. The summed E-state index contributed by atoms with van der Waals surface area (Å²) in [5, 5.41) is 19.0. The first kappa shape index (κ1) is 10.7. The second kappa shape index (κ2) is 3.62. The third kappa shape index (κ3) is 1.55. The summed E-state index contributed by atoms with van der Waals surface area (Å²) in [7, 11) is 0. The van der Waals surface area contributed by atoms with E-state index >= 15 is 0 Å². The molecule has 7 heteroatoms. The molecule has 1 aliphatic heterocycles. The van der Waals surface area contributed by atoms with Crippen LogP contribution in [-0.4, -0.2) is 32.0 Å². The predicted octanol–water partition coefficient (Wildman–Crippen LogP) is -1.41. The Kier molecular flexibility index (Phi) is 2.41. The number of hydrogen-bond acceptors (Lipinski definition) is 6. The zero-order chi connectivity index (χ0) is 11.9. The van der Waals surface area contributed by atoms with Crippen molar-refractivity contribution in [1.82, 2.24) is 9.55 Å². The van der Waals surface area contributed by atoms with Crippen LogP contribution in [0.4, 0.5) is 5.82 Å². The lowest BCUT2D eigenvalue weighted by atomic mass is 10.2. The molecule has 0 bridgehead atoms. The molecule has 0 aliphatic carbocycles. The maximum atomic E-state index is 11.5. The molecule has 1 aromatic heterocycles. The van der Waals surface area contributed by atoms with E-state index in [0.29, 0.717) is 0 Å². The van der Waals surface area contributed by atoms with E-state index in [2.05, 4.69) is 11.6 Å². The van der Waals surface area contributed by atoms with Gasteiger partial charge in [0.05, 0.1) is 0 Å². The zero-order valence-electron chi connectivity index (χ0n) is 8.28. The van der Waals surface area contributed by atoms with E-state index in [0.717, 1.165) is 4.57 Å². The number of nitrogens with zero attached hydrogens (tertiary/aromatic N) is 2. The van der Waals surface area contributed by atoms with Crippen LogP contribution >= 0.6 is 0 Å². The van der Waals surface area contributed by atoms with E-state index in [-0.39, 0.29) is 11.6 Å². The van der Waals surface area contributed by atoms with E-state index in [4.69, 9.17) is 10.5 Å². The molecule has 16 heavy (non-hydrogen) atoms. The van der Waals surface area contributed by atoms with Gasteiger partial charge in [0.15, 0.2) is 0 Å². The van der Waals surface area contributed by atoms with E-state index in [1.807, 2.05) is 0 Å². The van der Waals surface area contributed by atoms with Gasteiger partial charge in [-0.1, -0.05) is 6.58 Å². The Morgan fingerprint density at radius 3 is 2.75 bits per heavy atom. The van der Waals surface area contributed by atoms with Crippen molar-refractivity contribution >= 4 is 5.82 Å². The van der Waals surface area contributed by atoms with Gasteiger partial charge in [-0.2, -0.15) is 4.98 Å². The van der Waals surface area contributed by atoms with E-state index in [1.54, 1.807) is 0 Å². The van der Waals surface area contributed by atoms with Gasteiger partial charge >= 0.3 is 5.69 Å². The Balaban J connectivity index is 2.39. The molecule has 2 rings (SSSR count). The van der Waals surface area contributed by atoms with Gasteiger partial charge in [0.1, 0.15) is 23.8 Å². The fourth-order valence-electron chi connectivity index (χ4n) is 1.48. The molecule has 86 valence electrons. The number of hydrogen-bond donors (Lipinski definition) is 3. The van der Waals surface area contributed by atoms with Gasteiger partial charge in [-0.25, -0.2) is 4.79 Å². The van der Waals surface area contributed by atoms with Crippen LogP contribution < -0.4 is 11.4 Å². The first-order valence-electron chi connectivity index (χ1n) is 4.57. The molecule has 7 nitrogen and oxygen atoms in total. The summed E-state index contributed by atoms with van der Waals surface area (Å²) in [5.41, 5.74) is 4.66. The van der Waals surface area contributed by atoms with Crippen LogP contribution in [-0.2, 0) is 4.74 Å². The number of anilines is 1. The lowest BCUT2D eigenvalue weighted by Gasteiger charge is -2.16. The Morgan fingerprint density at radius 2 is 2.25 bits per heavy atom. The number of aliphatic hydroxyl groups is 2. The number of aliphatic hydroxyl groups excluding tert-OH is 2. The minimum absolute atomic E-state index is 0.0150. The summed E-state index contributed by atoms with van der Waals surface area (Å²) in [6.45, 7) is 3.42.